The molecule has 0 saturated carbocycles. The lowest BCUT2D eigenvalue weighted by atomic mass is 9.86. The molecule has 0 aromatic heterocycles. The van der Waals surface area contributed by atoms with Crippen LogP contribution in [0.4, 0.5) is 4.79 Å². The van der Waals surface area contributed by atoms with Crippen LogP contribution in [-0.4, -0.2) is 53.7 Å². The monoisotopic (exact) mass is 509 g/mol. The molecule has 0 unspecified atom stereocenters. The predicted molar refractivity (Wildman–Crippen MR) is 132 cm³/mol. The lowest BCUT2D eigenvalue weighted by molar-refractivity contribution is -0.148. The van der Waals surface area contributed by atoms with E-state index in [1.807, 2.05) is 39.8 Å². The number of aliphatic carboxylic acids is 1. The van der Waals surface area contributed by atoms with Crippen LogP contribution in [0, 0.1) is 11.8 Å². The number of ether oxygens (including phenoxy) is 1. The topological polar surface area (TPSA) is 134 Å². The van der Waals surface area contributed by atoms with E-state index in [1.54, 1.807) is 12.1 Å². The molecule has 1 saturated heterocycles. The Labute approximate surface area is 211 Å². The molecule has 9 nitrogen and oxygen atoms in total. The Balaban J connectivity index is 2.06. The second kappa shape index (κ2) is 11.7. The molecule has 0 radical (unpaired) electrons. The number of hydrogen-bond acceptors (Lipinski definition) is 5. The molecule has 0 aliphatic carbocycles. The van der Waals surface area contributed by atoms with Crippen molar-refractivity contribution in [3.8, 4) is 0 Å². The molecule has 3 amide bonds. The summed E-state index contributed by atoms with van der Waals surface area (Å²) >= 11 is 6.07. The van der Waals surface area contributed by atoms with Gasteiger partial charge >= 0.3 is 12.1 Å². The molecule has 1 fully saturated rings. The summed E-state index contributed by atoms with van der Waals surface area (Å²) in [4.78, 5) is 49.7. The molecular formula is C25H36ClN3O6. The van der Waals surface area contributed by atoms with Crippen LogP contribution >= 0.6 is 11.6 Å². The molecule has 1 aliphatic rings. The third kappa shape index (κ3) is 8.13. The number of amides is 3. The van der Waals surface area contributed by atoms with E-state index in [-0.39, 0.29) is 31.3 Å². The van der Waals surface area contributed by atoms with Crippen molar-refractivity contribution in [2.24, 2.45) is 11.8 Å². The number of carboxylic acid groups (broad SMARTS) is 1. The van der Waals surface area contributed by atoms with E-state index < -0.39 is 40.9 Å². The van der Waals surface area contributed by atoms with Gasteiger partial charge in [-0.25, -0.2) is 9.59 Å². The van der Waals surface area contributed by atoms with Gasteiger partial charge in [-0.05, 0) is 49.8 Å². The van der Waals surface area contributed by atoms with Crippen LogP contribution < -0.4 is 16.0 Å². The lowest BCUT2D eigenvalue weighted by Crippen LogP contribution is -2.59. The zero-order valence-corrected chi connectivity index (χ0v) is 21.7. The van der Waals surface area contributed by atoms with Gasteiger partial charge in [0.2, 0.25) is 11.8 Å². The number of hydrogen-bond donors (Lipinski definition) is 4. The van der Waals surface area contributed by atoms with Gasteiger partial charge in [0.1, 0.15) is 18.2 Å². The Hall–Kier alpha value is -2.81. The van der Waals surface area contributed by atoms with Gasteiger partial charge in [0.05, 0.1) is 0 Å². The molecule has 1 aliphatic heterocycles. The number of rotatable bonds is 11. The Morgan fingerprint density at radius 2 is 1.94 bits per heavy atom. The van der Waals surface area contributed by atoms with E-state index in [9.17, 15) is 24.3 Å². The standard InChI is InChI=1S/C25H36ClN3O6/c1-15(2)11-19(21(31)29-25(5,22(32)33)13-16-9-10-27-20(16)30)28-23(34)35-14-24(3,4)17-7-6-8-18(26)12-17/h6-8,12,15-16,19H,9-11,13-14H2,1-5H3,(H,27,30)(H,28,34)(H,29,31)(H,32,33)/t16-,19-,25-/m0/s1. The fraction of sp³-hybridized carbons (Fsp3) is 0.600. The molecule has 10 heteroatoms. The Kier molecular flexibility index (Phi) is 9.54. The number of carbonyl (C=O) groups is 4. The van der Waals surface area contributed by atoms with Gasteiger partial charge in [0, 0.05) is 22.9 Å². The molecule has 1 heterocycles. The number of alkyl carbamates (subject to hydrolysis) is 1. The zero-order chi connectivity index (χ0) is 26.4. The minimum absolute atomic E-state index is 0.0330. The first-order valence-electron chi connectivity index (χ1n) is 11.8. The van der Waals surface area contributed by atoms with Crippen molar-refractivity contribution >= 4 is 35.5 Å². The summed E-state index contributed by atoms with van der Waals surface area (Å²) in [5.74, 6) is -2.60. The SMILES string of the molecule is CC(C)C[C@H](NC(=O)OCC(C)(C)c1cccc(Cl)c1)C(=O)N[C@@](C)(C[C@@H]1CCNC1=O)C(=O)O. The maximum atomic E-state index is 13.1. The Morgan fingerprint density at radius 1 is 1.26 bits per heavy atom. The van der Waals surface area contributed by atoms with Crippen LogP contribution in [0.5, 0.6) is 0 Å². The smallest absolute Gasteiger partial charge is 0.407 e. The largest absolute Gasteiger partial charge is 0.480 e. The first kappa shape index (κ1) is 28.4. The van der Waals surface area contributed by atoms with Crippen molar-refractivity contribution in [1.29, 1.82) is 0 Å². The van der Waals surface area contributed by atoms with Gasteiger partial charge in [0.25, 0.3) is 0 Å². The van der Waals surface area contributed by atoms with Gasteiger partial charge in [0.15, 0.2) is 0 Å². The van der Waals surface area contributed by atoms with Crippen LogP contribution in [0.2, 0.25) is 5.02 Å². The van der Waals surface area contributed by atoms with Gasteiger partial charge in [-0.15, -0.1) is 0 Å². The molecule has 4 N–H and O–H groups in total. The van der Waals surface area contributed by atoms with Crippen molar-refractivity contribution in [2.75, 3.05) is 13.2 Å². The average molecular weight is 510 g/mol. The quantitative estimate of drug-likeness (QED) is 0.362. The number of halogens is 1. The highest BCUT2D eigenvalue weighted by molar-refractivity contribution is 6.30. The average Bonchev–Trinajstić information content (AvgIpc) is 3.15. The molecule has 1 aromatic rings. The molecule has 0 spiro atoms. The second-order valence-electron chi connectivity index (χ2n) is 10.4. The molecule has 194 valence electrons. The maximum Gasteiger partial charge on any atom is 0.407 e. The van der Waals surface area contributed by atoms with E-state index in [4.69, 9.17) is 16.3 Å². The van der Waals surface area contributed by atoms with Crippen LogP contribution in [-0.2, 0) is 24.5 Å². The van der Waals surface area contributed by atoms with Crippen LogP contribution in [0.15, 0.2) is 24.3 Å². The Bertz CT molecular complexity index is 951. The van der Waals surface area contributed by atoms with E-state index in [0.29, 0.717) is 18.0 Å². The summed E-state index contributed by atoms with van der Waals surface area (Å²) in [6.45, 7) is 9.46. The zero-order valence-electron chi connectivity index (χ0n) is 20.9. The van der Waals surface area contributed by atoms with E-state index >= 15 is 0 Å². The van der Waals surface area contributed by atoms with Crippen LogP contribution in [0.1, 0.15) is 59.4 Å². The van der Waals surface area contributed by atoms with Gasteiger partial charge < -0.3 is 25.8 Å². The number of nitrogens with one attached hydrogen (secondary N) is 3. The van der Waals surface area contributed by atoms with Crippen molar-refractivity contribution in [1.82, 2.24) is 16.0 Å². The lowest BCUT2D eigenvalue weighted by Gasteiger charge is -2.31. The van der Waals surface area contributed by atoms with Crippen molar-refractivity contribution in [2.45, 2.75) is 70.9 Å². The minimum Gasteiger partial charge on any atom is -0.480 e. The highest BCUT2D eigenvalue weighted by atomic mass is 35.5. The molecule has 1 aromatic carbocycles. The highest BCUT2D eigenvalue weighted by Crippen LogP contribution is 2.26. The van der Waals surface area contributed by atoms with Crippen molar-refractivity contribution in [3.05, 3.63) is 34.9 Å². The minimum atomic E-state index is -1.67. The van der Waals surface area contributed by atoms with Crippen molar-refractivity contribution < 1.29 is 29.0 Å². The third-order valence-electron chi connectivity index (χ3n) is 6.17. The van der Waals surface area contributed by atoms with E-state index in [0.717, 1.165) is 5.56 Å². The fourth-order valence-corrected chi connectivity index (χ4v) is 4.20. The van der Waals surface area contributed by atoms with Gasteiger partial charge in [-0.3, -0.25) is 9.59 Å². The maximum absolute atomic E-state index is 13.1. The molecule has 2 rings (SSSR count). The summed E-state index contributed by atoms with van der Waals surface area (Å²) in [6.07, 6.45) is -0.0572. The van der Waals surface area contributed by atoms with Crippen LogP contribution in [0.3, 0.4) is 0 Å². The van der Waals surface area contributed by atoms with Gasteiger partial charge in [-0.2, -0.15) is 0 Å². The number of carbonyl (C=O) groups excluding carboxylic acids is 3. The number of benzene rings is 1. The number of carboxylic acids is 1. The predicted octanol–water partition coefficient (Wildman–Crippen LogP) is 3.24. The summed E-state index contributed by atoms with van der Waals surface area (Å²) in [5, 5.41) is 18.2. The first-order chi connectivity index (χ1) is 16.2. The van der Waals surface area contributed by atoms with Crippen molar-refractivity contribution in [3.63, 3.8) is 0 Å². The summed E-state index contributed by atoms with van der Waals surface area (Å²) < 4.78 is 5.42. The highest BCUT2D eigenvalue weighted by Gasteiger charge is 2.42. The van der Waals surface area contributed by atoms with E-state index in [2.05, 4.69) is 16.0 Å². The molecule has 35 heavy (non-hydrogen) atoms. The summed E-state index contributed by atoms with van der Waals surface area (Å²) in [5.41, 5.74) is -1.30. The third-order valence-corrected chi connectivity index (χ3v) is 6.41. The summed E-state index contributed by atoms with van der Waals surface area (Å²) in [6, 6.07) is 6.26. The fourth-order valence-electron chi connectivity index (χ4n) is 4.01. The molecule has 3 atom stereocenters. The first-order valence-corrected chi connectivity index (χ1v) is 12.1. The van der Waals surface area contributed by atoms with E-state index in [1.165, 1.54) is 6.92 Å². The Morgan fingerprint density at radius 3 is 2.49 bits per heavy atom. The second-order valence-corrected chi connectivity index (χ2v) is 10.8. The molecule has 0 bridgehead atoms. The van der Waals surface area contributed by atoms with Crippen LogP contribution in [0.25, 0.3) is 0 Å². The normalized spacial score (nSPS) is 18.4. The van der Waals surface area contributed by atoms with Gasteiger partial charge in [-0.1, -0.05) is 51.4 Å². The molecular weight excluding hydrogens is 474 g/mol. The summed E-state index contributed by atoms with van der Waals surface area (Å²) in [7, 11) is 0.